The number of carbonyl (C=O) groups excluding carboxylic acids is 2. The minimum Gasteiger partial charge on any atom is -0.322 e. The number of fused-ring (bicyclic) bond motifs is 1. The maximum atomic E-state index is 12.6. The van der Waals surface area contributed by atoms with Gasteiger partial charge in [0.15, 0.2) is 0 Å². The van der Waals surface area contributed by atoms with Crippen molar-refractivity contribution in [2.45, 2.75) is 32.7 Å². The summed E-state index contributed by atoms with van der Waals surface area (Å²) in [4.78, 5) is 26.9. The van der Waals surface area contributed by atoms with E-state index < -0.39 is 0 Å². The number of rotatable bonds is 5. The average Bonchev–Trinajstić information content (AvgIpc) is 2.76. The Bertz CT molecular complexity index is 1030. The summed E-state index contributed by atoms with van der Waals surface area (Å²) in [6.45, 7) is 2.65. The highest BCUT2D eigenvalue weighted by atomic mass is 16.2. The van der Waals surface area contributed by atoms with Gasteiger partial charge < -0.3 is 10.2 Å². The van der Waals surface area contributed by atoms with Crippen molar-refractivity contribution in [3.63, 3.8) is 0 Å². The van der Waals surface area contributed by atoms with Crippen molar-refractivity contribution in [1.82, 2.24) is 0 Å². The zero-order valence-corrected chi connectivity index (χ0v) is 16.5. The third-order valence-corrected chi connectivity index (χ3v) is 5.35. The van der Waals surface area contributed by atoms with Gasteiger partial charge in [0.2, 0.25) is 5.91 Å². The first-order chi connectivity index (χ1) is 14.1. The molecular formula is C25H24N2O2. The molecule has 2 amide bonds. The van der Waals surface area contributed by atoms with Crippen molar-refractivity contribution in [2.24, 2.45) is 0 Å². The second kappa shape index (κ2) is 8.31. The Kier molecular flexibility index (Phi) is 5.43. The summed E-state index contributed by atoms with van der Waals surface area (Å²) >= 11 is 0. The van der Waals surface area contributed by atoms with Crippen LogP contribution in [0.1, 0.15) is 40.4 Å². The lowest BCUT2D eigenvalue weighted by Gasteiger charge is -2.30. The Morgan fingerprint density at radius 2 is 1.69 bits per heavy atom. The van der Waals surface area contributed by atoms with Gasteiger partial charge in [-0.2, -0.15) is 0 Å². The van der Waals surface area contributed by atoms with Gasteiger partial charge in [-0.1, -0.05) is 49.4 Å². The normalized spacial score (nSPS) is 13.1. The van der Waals surface area contributed by atoms with Gasteiger partial charge in [-0.25, -0.2) is 0 Å². The summed E-state index contributed by atoms with van der Waals surface area (Å²) < 4.78 is 0. The van der Waals surface area contributed by atoms with Crippen LogP contribution in [0, 0.1) is 0 Å². The summed E-state index contributed by atoms with van der Waals surface area (Å²) in [6.07, 6.45) is 2.12. The molecule has 146 valence electrons. The summed E-state index contributed by atoms with van der Waals surface area (Å²) in [5.74, 6) is 0.00906. The second-order valence-corrected chi connectivity index (χ2v) is 7.31. The number of anilines is 2. The predicted octanol–water partition coefficient (Wildman–Crippen LogP) is 4.98. The van der Waals surface area contributed by atoms with E-state index in [1.807, 2.05) is 77.7 Å². The molecule has 0 bridgehead atoms. The van der Waals surface area contributed by atoms with Crippen LogP contribution in [0.25, 0.3) is 0 Å². The van der Waals surface area contributed by atoms with E-state index in [1.54, 1.807) is 0 Å². The zero-order chi connectivity index (χ0) is 20.2. The lowest BCUT2D eigenvalue weighted by molar-refractivity contribution is -0.119. The van der Waals surface area contributed by atoms with Gasteiger partial charge >= 0.3 is 0 Å². The standard InChI is InChI=1S/C25H24N2O2/c1-2-18-8-10-20(11-9-18)25(29)26-22-13-14-23-21(16-22)12-15-24(28)27(23)17-19-6-4-3-5-7-19/h3-11,13-14,16H,2,12,15,17H2,1H3,(H,26,29). The molecule has 4 heteroatoms. The molecule has 29 heavy (non-hydrogen) atoms. The minimum absolute atomic E-state index is 0.124. The highest BCUT2D eigenvalue weighted by Crippen LogP contribution is 2.31. The number of aryl methyl sites for hydroxylation is 2. The van der Waals surface area contributed by atoms with Gasteiger partial charge in [-0.15, -0.1) is 0 Å². The monoisotopic (exact) mass is 384 g/mol. The third kappa shape index (κ3) is 4.21. The van der Waals surface area contributed by atoms with E-state index in [0.29, 0.717) is 24.9 Å². The van der Waals surface area contributed by atoms with Gasteiger partial charge in [0, 0.05) is 23.4 Å². The second-order valence-electron chi connectivity index (χ2n) is 7.31. The Morgan fingerprint density at radius 3 is 2.41 bits per heavy atom. The minimum atomic E-state index is -0.124. The first-order valence-corrected chi connectivity index (χ1v) is 10.0. The number of nitrogens with one attached hydrogen (secondary N) is 1. The van der Waals surface area contributed by atoms with Gasteiger partial charge in [0.05, 0.1) is 6.54 Å². The molecule has 3 aromatic rings. The van der Waals surface area contributed by atoms with Crippen LogP contribution in [0.5, 0.6) is 0 Å². The van der Waals surface area contributed by atoms with Crippen LogP contribution in [0.3, 0.4) is 0 Å². The van der Waals surface area contributed by atoms with Crippen LogP contribution in [0.4, 0.5) is 11.4 Å². The van der Waals surface area contributed by atoms with Gasteiger partial charge in [0.25, 0.3) is 5.91 Å². The molecule has 0 radical (unpaired) electrons. The van der Waals surface area contributed by atoms with Gasteiger partial charge in [-0.05, 0) is 59.9 Å². The SMILES string of the molecule is CCc1ccc(C(=O)Nc2ccc3c(c2)CCC(=O)N3Cc2ccccc2)cc1. The third-order valence-electron chi connectivity index (χ3n) is 5.35. The van der Waals surface area contributed by atoms with E-state index in [2.05, 4.69) is 12.2 Å². The number of hydrogen-bond donors (Lipinski definition) is 1. The predicted molar refractivity (Wildman–Crippen MR) is 116 cm³/mol. The molecule has 0 saturated carbocycles. The van der Waals surface area contributed by atoms with E-state index in [0.717, 1.165) is 28.9 Å². The fourth-order valence-corrected chi connectivity index (χ4v) is 3.67. The molecule has 0 atom stereocenters. The summed E-state index contributed by atoms with van der Waals surface area (Å²) in [7, 11) is 0. The van der Waals surface area contributed by atoms with Crippen LogP contribution in [-0.4, -0.2) is 11.8 Å². The first-order valence-electron chi connectivity index (χ1n) is 10.0. The molecule has 1 N–H and O–H groups in total. The maximum absolute atomic E-state index is 12.6. The van der Waals surface area contributed by atoms with Crippen molar-refractivity contribution in [3.8, 4) is 0 Å². The number of benzene rings is 3. The molecule has 0 unspecified atom stereocenters. The molecule has 4 rings (SSSR count). The molecule has 1 aliphatic heterocycles. The molecule has 0 aromatic heterocycles. The number of nitrogens with zero attached hydrogens (tertiary/aromatic N) is 1. The van der Waals surface area contributed by atoms with Crippen molar-refractivity contribution in [1.29, 1.82) is 0 Å². The fourth-order valence-electron chi connectivity index (χ4n) is 3.67. The number of carbonyl (C=O) groups is 2. The van der Waals surface area contributed by atoms with Crippen molar-refractivity contribution < 1.29 is 9.59 Å². The number of amides is 2. The van der Waals surface area contributed by atoms with Crippen LogP contribution in [0.15, 0.2) is 72.8 Å². The quantitative estimate of drug-likeness (QED) is 0.674. The summed E-state index contributed by atoms with van der Waals surface area (Å²) in [5, 5.41) is 2.98. The van der Waals surface area contributed by atoms with Crippen molar-refractivity contribution in [3.05, 3.63) is 95.1 Å². The Hall–Kier alpha value is -3.40. The molecule has 3 aromatic carbocycles. The first kappa shape index (κ1) is 18.9. The van der Waals surface area contributed by atoms with Gasteiger partial charge in [-0.3, -0.25) is 9.59 Å². The average molecular weight is 384 g/mol. The summed E-state index contributed by atoms with van der Waals surface area (Å²) in [6, 6.07) is 23.5. The highest BCUT2D eigenvalue weighted by Gasteiger charge is 2.24. The van der Waals surface area contributed by atoms with E-state index in [-0.39, 0.29) is 11.8 Å². The molecule has 0 fully saturated rings. The fraction of sp³-hybridized carbons (Fsp3) is 0.200. The highest BCUT2D eigenvalue weighted by molar-refractivity contribution is 6.04. The van der Waals surface area contributed by atoms with E-state index in [9.17, 15) is 9.59 Å². The van der Waals surface area contributed by atoms with E-state index in [4.69, 9.17) is 0 Å². The number of hydrogen-bond acceptors (Lipinski definition) is 2. The zero-order valence-electron chi connectivity index (χ0n) is 16.5. The Morgan fingerprint density at radius 1 is 0.931 bits per heavy atom. The lowest BCUT2D eigenvalue weighted by atomic mass is 9.99. The molecular weight excluding hydrogens is 360 g/mol. The maximum Gasteiger partial charge on any atom is 0.255 e. The van der Waals surface area contributed by atoms with Crippen LogP contribution < -0.4 is 10.2 Å². The van der Waals surface area contributed by atoms with Crippen molar-refractivity contribution >= 4 is 23.2 Å². The lowest BCUT2D eigenvalue weighted by Crippen LogP contribution is -2.34. The summed E-state index contributed by atoms with van der Waals surface area (Å²) in [5.41, 5.74) is 5.71. The molecule has 1 heterocycles. The van der Waals surface area contributed by atoms with Gasteiger partial charge in [0.1, 0.15) is 0 Å². The molecule has 1 aliphatic rings. The molecule has 4 nitrogen and oxygen atoms in total. The Labute approximate surface area is 171 Å². The molecule has 0 aliphatic carbocycles. The Balaban J connectivity index is 1.53. The van der Waals surface area contributed by atoms with Crippen LogP contribution in [0.2, 0.25) is 0 Å². The molecule has 0 spiro atoms. The van der Waals surface area contributed by atoms with Crippen molar-refractivity contribution in [2.75, 3.05) is 10.2 Å². The van der Waals surface area contributed by atoms with E-state index >= 15 is 0 Å². The van der Waals surface area contributed by atoms with Crippen LogP contribution >= 0.6 is 0 Å². The van der Waals surface area contributed by atoms with Crippen LogP contribution in [-0.2, 0) is 24.2 Å². The smallest absolute Gasteiger partial charge is 0.255 e. The topological polar surface area (TPSA) is 49.4 Å². The largest absolute Gasteiger partial charge is 0.322 e. The molecule has 0 saturated heterocycles. The van der Waals surface area contributed by atoms with E-state index in [1.165, 1.54) is 5.56 Å².